The number of hydrogen-bond acceptors (Lipinski definition) is 0. The Bertz CT molecular complexity index is 106. The van der Waals surface area contributed by atoms with Crippen LogP contribution < -0.4 is 0 Å². The molecule has 0 heterocycles. The topological polar surface area (TPSA) is 0 Å². The second-order valence-electron chi connectivity index (χ2n) is 1.12. The van der Waals surface area contributed by atoms with E-state index >= 15 is 0 Å². The van der Waals surface area contributed by atoms with Gasteiger partial charge < -0.3 is 0 Å². The average molecular weight is 143 g/mol. The third kappa shape index (κ3) is 39.5. The fourth-order valence-corrected chi connectivity index (χ4v) is 0. The first-order chi connectivity index (χ1) is 4.18. The first-order valence-electron chi connectivity index (χ1n) is 2.39. The predicted octanol–water partition coefficient (Wildman–Crippen LogP) is 3.28. The third-order valence-corrected chi connectivity index (χ3v) is 0.542. The minimum atomic E-state index is 0.491. The molecule has 50 valence electrons. The minimum Gasteiger partial charge on any atom is -0.0991 e. The molecule has 0 atom stereocenters. The fraction of sp³-hybridized carbons (Fsp3) is 0. The summed E-state index contributed by atoms with van der Waals surface area (Å²) in [4.78, 5) is 0. The van der Waals surface area contributed by atoms with Gasteiger partial charge in [-0.1, -0.05) is 56.1 Å². The molecular formula is C8H11Cl. The Balaban J connectivity index is 0. The summed E-state index contributed by atoms with van der Waals surface area (Å²) in [5.41, 5.74) is 0. The Kier molecular flexibility index (Phi) is 12.7. The van der Waals surface area contributed by atoms with E-state index < -0.39 is 0 Å². The maximum Gasteiger partial charge on any atom is 0.0328 e. The molecule has 0 N–H and O–H groups in total. The normalized spacial score (nSPS) is 5.89. The van der Waals surface area contributed by atoms with Gasteiger partial charge in [0.25, 0.3) is 0 Å². The van der Waals surface area contributed by atoms with Crippen LogP contribution >= 0.6 is 11.6 Å². The van der Waals surface area contributed by atoms with Crippen LogP contribution in [0, 0.1) is 0 Å². The summed E-state index contributed by atoms with van der Waals surface area (Å²) in [5, 5.41) is 0.491. The lowest BCUT2D eigenvalue weighted by Gasteiger charge is -1.67. The van der Waals surface area contributed by atoms with Crippen molar-refractivity contribution in [3.8, 4) is 0 Å². The molecule has 0 bridgehead atoms. The van der Waals surface area contributed by atoms with Gasteiger partial charge in [0, 0.05) is 5.03 Å². The van der Waals surface area contributed by atoms with E-state index in [0.717, 1.165) is 0 Å². The number of rotatable bonds is 2. The van der Waals surface area contributed by atoms with Crippen LogP contribution in [-0.4, -0.2) is 0 Å². The molecule has 0 aliphatic heterocycles. The van der Waals surface area contributed by atoms with Crippen molar-refractivity contribution < 1.29 is 0 Å². The van der Waals surface area contributed by atoms with Crippen molar-refractivity contribution in [3.05, 3.63) is 49.6 Å². The highest BCUT2D eigenvalue weighted by molar-refractivity contribution is 6.30. The summed E-state index contributed by atoms with van der Waals surface area (Å²) in [6.07, 6.45) is 4.77. The molecule has 0 amide bonds. The van der Waals surface area contributed by atoms with E-state index in [1.165, 1.54) is 6.08 Å². The molecule has 0 aromatic rings. The van der Waals surface area contributed by atoms with Crippen molar-refractivity contribution >= 4 is 11.6 Å². The molecule has 0 saturated carbocycles. The second kappa shape index (κ2) is 10.3. The lowest BCUT2D eigenvalue weighted by Crippen LogP contribution is -1.42. The second-order valence-corrected chi connectivity index (χ2v) is 1.61. The molecule has 0 aromatic heterocycles. The van der Waals surface area contributed by atoms with Crippen molar-refractivity contribution in [1.82, 2.24) is 0 Å². The van der Waals surface area contributed by atoms with Gasteiger partial charge in [-0.15, -0.1) is 0 Å². The van der Waals surface area contributed by atoms with E-state index in [1.807, 2.05) is 0 Å². The number of halogens is 1. The summed E-state index contributed by atoms with van der Waals surface area (Å²) in [5.74, 6) is 0. The Labute approximate surface area is 61.8 Å². The summed E-state index contributed by atoms with van der Waals surface area (Å²) in [7, 11) is 0. The van der Waals surface area contributed by atoms with Gasteiger partial charge in [0.05, 0.1) is 0 Å². The zero-order valence-electron chi connectivity index (χ0n) is 5.44. The van der Waals surface area contributed by atoms with Crippen LogP contribution in [0.2, 0.25) is 0 Å². The van der Waals surface area contributed by atoms with Gasteiger partial charge in [-0.3, -0.25) is 0 Å². The van der Waals surface area contributed by atoms with Crippen molar-refractivity contribution in [2.24, 2.45) is 0 Å². The molecular weight excluding hydrogens is 132 g/mol. The monoisotopic (exact) mass is 142 g/mol. The molecule has 0 unspecified atom stereocenters. The van der Waals surface area contributed by atoms with Crippen molar-refractivity contribution in [3.63, 3.8) is 0 Å². The van der Waals surface area contributed by atoms with Crippen molar-refractivity contribution in [2.75, 3.05) is 0 Å². The zero-order chi connectivity index (χ0) is 7.70. The third-order valence-electron chi connectivity index (χ3n) is 0.388. The lowest BCUT2D eigenvalue weighted by molar-refractivity contribution is 2.04. The predicted molar refractivity (Wildman–Crippen MR) is 45.6 cm³/mol. The molecule has 0 nitrogen and oxygen atoms in total. The SMILES string of the molecule is C=CC(=C)Cl.C=CC=C. The van der Waals surface area contributed by atoms with E-state index in [1.54, 1.807) is 12.2 Å². The summed E-state index contributed by atoms with van der Waals surface area (Å²) >= 11 is 5.15. The standard InChI is InChI=1S/C4H5Cl.C4H6/c1-3-4(2)5;1-3-4-2/h3H,1-2H2;3-4H,1-2H2. The Morgan fingerprint density at radius 2 is 1.33 bits per heavy atom. The molecule has 0 spiro atoms. The maximum atomic E-state index is 5.15. The number of allylic oxidation sites excluding steroid dienone is 4. The van der Waals surface area contributed by atoms with Gasteiger partial charge in [-0.2, -0.15) is 0 Å². The molecule has 0 saturated heterocycles. The fourth-order valence-electron chi connectivity index (χ4n) is 0. The van der Waals surface area contributed by atoms with Gasteiger partial charge in [0.2, 0.25) is 0 Å². The van der Waals surface area contributed by atoms with Gasteiger partial charge in [-0.05, 0) is 0 Å². The van der Waals surface area contributed by atoms with Gasteiger partial charge >= 0.3 is 0 Å². The van der Waals surface area contributed by atoms with E-state index in [-0.39, 0.29) is 0 Å². The van der Waals surface area contributed by atoms with Gasteiger partial charge in [0.15, 0.2) is 0 Å². The highest BCUT2D eigenvalue weighted by Gasteiger charge is 1.63. The van der Waals surface area contributed by atoms with E-state index in [4.69, 9.17) is 11.6 Å². The van der Waals surface area contributed by atoms with Crippen LogP contribution in [0.1, 0.15) is 0 Å². The van der Waals surface area contributed by atoms with Crippen LogP contribution in [0.4, 0.5) is 0 Å². The first kappa shape index (κ1) is 11.1. The molecule has 0 fully saturated rings. The molecule has 0 aromatic carbocycles. The highest BCUT2D eigenvalue weighted by atomic mass is 35.5. The van der Waals surface area contributed by atoms with Crippen LogP contribution in [0.3, 0.4) is 0 Å². The van der Waals surface area contributed by atoms with Crippen molar-refractivity contribution in [1.29, 1.82) is 0 Å². The van der Waals surface area contributed by atoms with E-state index in [2.05, 4.69) is 26.3 Å². The van der Waals surface area contributed by atoms with Crippen molar-refractivity contribution in [2.45, 2.75) is 0 Å². The zero-order valence-corrected chi connectivity index (χ0v) is 6.19. The van der Waals surface area contributed by atoms with Crippen LogP contribution in [0.5, 0.6) is 0 Å². The molecule has 1 heteroatoms. The number of hydrogen-bond donors (Lipinski definition) is 0. The lowest BCUT2D eigenvalue weighted by atomic mass is 10.6. The summed E-state index contributed by atoms with van der Waals surface area (Å²) in [6.45, 7) is 13.4. The Morgan fingerprint density at radius 1 is 1.11 bits per heavy atom. The van der Waals surface area contributed by atoms with Gasteiger partial charge in [-0.25, -0.2) is 0 Å². The molecule has 0 rings (SSSR count). The van der Waals surface area contributed by atoms with E-state index in [0.29, 0.717) is 5.03 Å². The minimum absolute atomic E-state index is 0.491. The van der Waals surface area contributed by atoms with Gasteiger partial charge in [0.1, 0.15) is 0 Å². The summed E-state index contributed by atoms with van der Waals surface area (Å²) < 4.78 is 0. The smallest absolute Gasteiger partial charge is 0.0328 e. The molecule has 0 aliphatic rings. The first-order valence-corrected chi connectivity index (χ1v) is 2.77. The highest BCUT2D eigenvalue weighted by Crippen LogP contribution is 1.92. The van der Waals surface area contributed by atoms with Crippen LogP contribution in [0.15, 0.2) is 49.6 Å². The van der Waals surface area contributed by atoms with E-state index in [9.17, 15) is 0 Å². The molecule has 0 radical (unpaired) electrons. The molecule has 0 aliphatic carbocycles. The largest absolute Gasteiger partial charge is 0.0991 e. The Morgan fingerprint density at radius 3 is 1.33 bits per heavy atom. The van der Waals surface area contributed by atoms with Crippen LogP contribution in [-0.2, 0) is 0 Å². The quantitative estimate of drug-likeness (QED) is 0.519. The Hall–Kier alpha value is -0.750. The molecule has 9 heavy (non-hydrogen) atoms. The maximum absolute atomic E-state index is 5.15. The summed E-state index contributed by atoms with van der Waals surface area (Å²) in [6, 6.07) is 0. The average Bonchev–Trinajstić information content (AvgIpc) is 1.89. The van der Waals surface area contributed by atoms with Crippen LogP contribution in [0.25, 0.3) is 0 Å².